The van der Waals surface area contributed by atoms with E-state index in [1.807, 2.05) is 0 Å². The van der Waals surface area contributed by atoms with E-state index in [0.29, 0.717) is 21.8 Å². The van der Waals surface area contributed by atoms with E-state index in [-0.39, 0.29) is 16.7 Å². The Morgan fingerprint density at radius 2 is 1.73 bits per heavy atom. The lowest BCUT2D eigenvalue weighted by atomic mass is 10.2. The summed E-state index contributed by atoms with van der Waals surface area (Å²) in [5.41, 5.74) is 1.33. The van der Waals surface area contributed by atoms with Crippen LogP contribution in [0.15, 0.2) is 42.5 Å². The van der Waals surface area contributed by atoms with E-state index in [4.69, 9.17) is 28.3 Å². The fraction of sp³-hybridized carbons (Fsp3) is 0.0714. The minimum atomic E-state index is -3.58. The van der Waals surface area contributed by atoms with Crippen LogP contribution in [0.5, 0.6) is 0 Å². The van der Waals surface area contributed by atoms with Gasteiger partial charge in [0.25, 0.3) is 5.91 Å². The zero-order valence-electron chi connectivity index (χ0n) is 11.2. The van der Waals surface area contributed by atoms with Crippen LogP contribution in [0.1, 0.15) is 15.9 Å². The Morgan fingerprint density at radius 3 is 2.27 bits per heavy atom. The summed E-state index contributed by atoms with van der Waals surface area (Å²) in [4.78, 5) is 12.1. The van der Waals surface area contributed by atoms with Gasteiger partial charge in [0.05, 0.1) is 16.3 Å². The summed E-state index contributed by atoms with van der Waals surface area (Å²) >= 11 is 11.7. The summed E-state index contributed by atoms with van der Waals surface area (Å²) in [7, 11) is -3.58. The molecule has 0 bridgehead atoms. The fourth-order valence-electron chi connectivity index (χ4n) is 1.79. The maximum absolute atomic E-state index is 12.1. The van der Waals surface area contributed by atoms with Crippen molar-refractivity contribution in [2.45, 2.75) is 5.75 Å². The molecule has 0 aliphatic carbocycles. The van der Waals surface area contributed by atoms with E-state index < -0.39 is 10.0 Å². The second kappa shape index (κ2) is 6.66. The summed E-state index contributed by atoms with van der Waals surface area (Å²) < 4.78 is 22.0. The van der Waals surface area contributed by atoms with Gasteiger partial charge in [-0.2, -0.15) is 0 Å². The molecule has 0 unspecified atom stereocenters. The van der Waals surface area contributed by atoms with Crippen molar-refractivity contribution in [2.75, 3.05) is 5.32 Å². The van der Waals surface area contributed by atoms with E-state index in [1.165, 1.54) is 12.1 Å². The molecule has 0 saturated heterocycles. The van der Waals surface area contributed by atoms with Gasteiger partial charge in [0.15, 0.2) is 0 Å². The van der Waals surface area contributed by atoms with Crippen LogP contribution in [0.4, 0.5) is 5.69 Å². The molecule has 22 heavy (non-hydrogen) atoms. The molecule has 0 aliphatic heterocycles. The first-order chi connectivity index (χ1) is 10.2. The lowest BCUT2D eigenvalue weighted by Crippen LogP contribution is -2.15. The predicted octanol–water partition coefficient (Wildman–Crippen LogP) is 3.03. The number of carbonyl (C=O) groups is 1. The largest absolute Gasteiger partial charge is 0.322 e. The molecule has 116 valence electrons. The SMILES string of the molecule is NS(=O)(=O)Cc1ccc(NC(=O)c2ccc(Cl)cc2Cl)cc1. The molecule has 5 nitrogen and oxygen atoms in total. The van der Waals surface area contributed by atoms with E-state index in [9.17, 15) is 13.2 Å². The average molecular weight is 359 g/mol. The molecular weight excluding hydrogens is 347 g/mol. The molecule has 2 aromatic rings. The third kappa shape index (κ3) is 4.71. The Morgan fingerprint density at radius 1 is 1.09 bits per heavy atom. The highest BCUT2D eigenvalue weighted by atomic mass is 35.5. The van der Waals surface area contributed by atoms with E-state index in [1.54, 1.807) is 30.3 Å². The normalized spacial score (nSPS) is 11.2. The van der Waals surface area contributed by atoms with Crippen molar-refractivity contribution in [3.8, 4) is 0 Å². The van der Waals surface area contributed by atoms with Crippen LogP contribution < -0.4 is 10.5 Å². The zero-order chi connectivity index (χ0) is 16.3. The predicted molar refractivity (Wildman–Crippen MR) is 87.7 cm³/mol. The van der Waals surface area contributed by atoms with Gasteiger partial charge in [0, 0.05) is 10.7 Å². The molecule has 0 atom stereocenters. The first kappa shape index (κ1) is 16.8. The van der Waals surface area contributed by atoms with Crippen LogP contribution in [0.2, 0.25) is 10.0 Å². The number of hydrogen-bond donors (Lipinski definition) is 2. The van der Waals surface area contributed by atoms with Crippen LogP contribution >= 0.6 is 23.2 Å². The smallest absolute Gasteiger partial charge is 0.257 e. The van der Waals surface area contributed by atoms with Crippen molar-refractivity contribution in [1.29, 1.82) is 0 Å². The molecule has 0 saturated carbocycles. The quantitative estimate of drug-likeness (QED) is 0.879. The second-order valence-electron chi connectivity index (χ2n) is 4.58. The van der Waals surface area contributed by atoms with Crippen LogP contribution in [0.25, 0.3) is 0 Å². The first-order valence-electron chi connectivity index (χ1n) is 6.10. The molecule has 2 rings (SSSR count). The molecule has 1 amide bonds. The molecule has 0 spiro atoms. The molecule has 0 radical (unpaired) electrons. The van der Waals surface area contributed by atoms with Crippen molar-refractivity contribution in [3.63, 3.8) is 0 Å². The maximum Gasteiger partial charge on any atom is 0.257 e. The highest BCUT2D eigenvalue weighted by Crippen LogP contribution is 2.22. The Bertz CT molecular complexity index is 805. The summed E-state index contributed by atoms with van der Waals surface area (Å²) in [6, 6.07) is 10.9. The van der Waals surface area contributed by atoms with Crippen molar-refractivity contribution in [1.82, 2.24) is 0 Å². The molecule has 8 heteroatoms. The van der Waals surface area contributed by atoms with Gasteiger partial charge in [-0.25, -0.2) is 13.6 Å². The lowest BCUT2D eigenvalue weighted by molar-refractivity contribution is 0.102. The maximum atomic E-state index is 12.1. The average Bonchev–Trinajstić information content (AvgIpc) is 2.39. The second-order valence-corrected chi connectivity index (χ2v) is 7.04. The molecule has 0 aromatic heterocycles. The molecular formula is C14H12Cl2N2O3S. The molecule has 0 aliphatic rings. The summed E-state index contributed by atoms with van der Waals surface area (Å²) in [6.45, 7) is 0. The number of primary sulfonamides is 1. The van der Waals surface area contributed by atoms with Gasteiger partial charge >= 0.3 is 0 Å². The Hall–Kier alpha value is -1.60. The topological polar surface area (TPSA) is 89.3 Å². The highest BCUT2D eigenvalue weighted by molar-refractivity contribution is 7.88. The monoisotopic (exact) mass is 358 g/mol. The highest BCUT2D eigenvalue weighted by Gasteiger charge is 2.11. The van der Waals surface area contributed by atoms with Gasteiger partial charge in [0.2, 0.25) is 10.0 Å². The van der Waals surface area contributed by atoms with E-state index in [0.717, 1.165) is 0 Å². The third-order valence-electron chi connectivity index (χ3n) is 2.76. The van der Waals surface area contributed by atoms with Crippen LogP contribution in [-0.4, -0.2) is 14.3 Å². The number of nitrogens with one attached hydrogen (secondary N) is 1. The van der Waals surface area contributed by atoms with Gasteiger partial charge in [-0.1, -0.05) is 35.3 Å². The third-order valence-corrected chi connectivity index (χ3v) is 4.04. The van der Waals surface area contributed by atoms with Gasteiger partial charge in [-0.15, -0.1) is 0 Å². The fourth-order valence-corrected chi connectivity index (χ4v) is 2.94. The van der Waals surface area contributed by atoms with Crippen LogP contribution in [0, 0.1) is 0 Å². The van der Waals surface area contributed by atoms with Gasteiger partial charge in [-0.3, -0.25) is 4.79 Å². The minimum Gasteiger partial charge on any atom is -0.322 e. The Kier molecular flexibility index (Phi) is 5.08. The number of amides is 1. The number of nitrogens with two attached hydrogens (primary N) is 1. The van der Waals surface area contributed by atoms with Crippen molar-refractivity contribution >= 4 is 44.8 Å². The number of rotatable bonds is 4. The van der Waals surface area contributed by atoms with Crippen molar-refractivity contribution in [3.05, 3.63) is 63.6 Å². The summed E-state index contributed by atoms with van der Waals surface area (Å²) in [5, 5.41) is 8.31. The lowest BCUT2D eigenvalue weighted by Gasteiger charge is -2.08. The Labute approximate surface area is 138 Å². The molecule has 2 aromatic carbocycles. The Balaban J connectivity index is 2.12. The van der Waals surface area contributed by atoms with Crippen LogP contribution in [0.3, 0.4) is 0 Å². The number of hydrogen-bond acceptors (Lipinski definition) is 3. The van der Waals surface area contributed by atoms with Gasteiger partial charge in [-0.05, 0) is 35.9 Å². The van der Waals surface area contributed by atoms with E-state index >= 15 is 0 Å². The summed E-state index contributed by atoms with van der Waals surface area (Å²) in [6.07, 6.45) is 0. The number of halogens is 2. The summed E-state index contributed by atoms with van der Waals surface area (Å²) in [5.74, 6) is -0.648. The molecule has 0 heterocycles. The van der Waals surface area contributed by atoms with E-state index in [2.05, 4.69) is 5.32 Å². The van der Waals surface area contributed by atoms with Crippen molar-refractivity contribution in [2.24, 2.45) is 5.14 Å². The number of benzene rings is 2. The molecule has 3 N–H and O–H groups in total. The van der Waals surface area contributed by atoms with Crippen LogP contribution in [-0.2, 0) is 15.8 Å². The first-order valence-corrected chi connectivity index (χ1v) is 8.57. The standard InChI is InChI=1S/C14H12Cl2N2O3S/c15-10-3-6-12(13(16)7-10)14(19)18-11-4-1-9(2-5-11)8-22(17,20)21/h1-7H,8H2,(H,18,19)(H2,17,20,21). The number of carbonyl (C=O) groups excluding carboxylic acids is 1. The van der Waals surface area contributed by atoms with Gasteiger partial charge < -0.3 is 5.32 Å². The molecule has 0 fully saturated rings. The number of anilines is 1. The van der Waals surface area contributed by atoms with Crippen molar-refractivity contribution < 1.29 is 13.2 Å². The zero-order valence-corrected chi connectivity index (χ0v) is 13.5. The van der Waals surface area contributed by atoms with Gasteiger partial charge in [0.1, 0.15) is 0 Å². The number of sulfonamides is 1. The minimum absolute atomic E-state index is 0.246.